The van der Waals surface area contributed by atoms with Crippen molar-refractivity contribution in [2.24, 2.45) is 0 Å². The Labute approximate surface area is 131 Å². The van der Waals surface area contributed by atoms with Gasteiger partial charge in [0.05, 0.1) is 30.6 Å². The maximum absolute atomic E-state index is 12.8. The van der Waals surface area contributed by atoms with Gasteiger partial charge in [-0.1, -0.05) is 13.8 Å². The van der Waals surface area contributed by atoms with Crippen LogP contribution in [0, 0.1) is 6.92 Å². The number of carbonyl (C=O) groups is 1. The number of aromatic nitrogens is 2. The molecule has 1 N–H and O–H groups in total. The lowest BCUT2D eigenvalue weighted by Crippen LogP contribution is -2.44. The lowest BCUT2D eigenvalue weighted by Gasteiger charge is -2.33. The second-order valence-electron chi connectivity index (χ2n) is 5.98. The molecule has 0 bridgehead atoms. The van der Waals surface area contributed by atoms with E-state index in [0.717, 1.165) is 25.1 Å². The van der Waals surface area contributed by atoms with Crippen molar-refractivity contribution in [3.8, 4) is 0 Å². The standard InChI is InChI=1S/C16H25N3O3/c1-11(2)15-14(9-17-12(3)18-15)16(21)19-6-4-5-13(10-19)22-8-7-20/h9,11,13,20H,4-8,10H2,1-3H3. The third-order valence-electron chi connectivity index (χ3n) is 3.83. The molecule has 6 heteroatoms. The molecule has 1 aromatic heterocycles. The maximum atomic E-state index is 12.8. The van der Waals surface area contributed by atoms with Gasteiger partial charge in [0, 0.05) is 19.3 Å². The van der Waals surface area contributed by atoms with E-state index in [-0.39, 0.29) is 24.5 Å². The second kappa shape index (κ2) is 7.65. The highest BCUT2D eigenvalue weighted by Gasteiger charge is 2.27. The summed E-state index contributed by atoms with van der Waals surface area (Å²) < 4.78 is 5.57. The Bertz CT molecular complexity index is 519. The van der Waals surface area contributed by atoms with Crippen LogP contribution in [0.1, 0.15) is 54.5 Å². The molecule has 0 spiro atoms. The number of amides is 1. The summed E-state index contributed by atoms with van der Waals surface area (Å²) in [6.45, 7) is 7.50. The maximum Gasteiger partial charge on any atom is 0.257 e. The van der Waals surface area contributed by atoms with Crippen LogP contribution in [0.5, 0.6) is 0 Å². The zero-order valence-corrected chi connectivity index (χ0v) is 13.6. The number of hydrogen-bond donors (Lipinski definition) is 1. The van der Waals surface area contributed by atoms with Gasteiger partial charge in [-0.3, -0.25) is 4.79 Å². The average molecular weight is 307 g/mol. The molecule has 1 aliphatic heterocycles. The van der Waals surface area contributed by atoms with Crippen molar-refractivity contribution in [1.29, 1.82) is 0 Å². The normalized spacial score (nSPS) is 18.8. The van der Waals surface area contributed by atoms with Crippen LogP contribution in [0.25, 0.3) is 0 Å². The molecule has 1 saturated heterocycles. The molecule has 1 aliphatic rings. The third kappa shape index (κ3) is 4.01. The molecule has 1 fully saturated rings. The van der Waals surface area contributed by atoms with Crippen molar-refractivity contribution >= 4 is 5.91 Å². The number of aliphatic hydroxyl groups is 1. The van der Waals surface area contributed by atoms with E-state index in [1.807, 2.05) is 25.7 Å². The van der Waals surface area contributed by atoms with Crippen LogP contribution in [-0.4, -0.2) is 58.3 Å². The minimum Gasteiger partial charge on any atom is -0.394 e. The molecule has 1 aromatic rings. The van der Waals surface area contributed by atoms with Crippen LogP contribution in [-0.2, 0) is 4.74 Å². The minimum absolute atomic E-state index is 0.00119. The van der Waals surface area contributed by atoms with Gasteiger partial charge in [0.2, 0.25) is 0 Å². The zero-order chi connectivity index (χ0) is 16.1. The minimum atomic E-state index is -0.0269. The van der Waals surface area contributed by atoms with E-state index in [4.69, 9.17) is 9.84 Å². The summed E-state index contributed by atoms with van der Waals surface area (Å²) in [6.07, 6.45) is 3.47. The van der Waals surface area contributed by atoms with Crippen molar-refractivity contribution in [2.45, 2.75) is 45.6 Å². The largest absolute Gasteiger partial charge is 0.394 e. The number of piperidine rings is 1. The first-order valence-corrected chi connectivity index (χ1v) is 7.88. The number of aryl methyl sites for hydroxylation is 1. The molecule has 2 heterocycles. The van der Waals surface area contributed by atoms with Crippen molar-refractivity contribution in [3.05, 3.63) is 23.3 Å². The summed E-state index contributed by atoms with van der Waals surface area (Å²) in [5.41, 5.74) is 1.39. The fourth-order valence-corrected chi connectivity index (χ4v) is 2.74. The van der Waals surface area contributed by atoms with Gasteiger partial charge in [0.1, 0.15) is 5.82 Å². The average Bonchev–Trinajstić information content (AvgIpc) is 2.52. The molecule has 122 valence electrons. The van der Waals surface area contributed by atoms with Crippen molar-refractivity contribution in [2.75, 3.05) is 26.3 Å². The van der Waals surface area contributed by atoms with Gasteiger partial charge in [-0.2, -0.15) is 0 Å². The molecule has 1 unspecified atom stereocenters. The lowest BCUT2D eigenvalue weighted by atomic mass is 10.0. The summed E-state index contributed by atoms with van der Waals surface area (Å²) in [7, 11) is 0. The summed E-state index contributed by atoms with van der Waals surface area (Å²) in [5.74, 6) is 0.830. The molecule has 6 nitrogen and oxygen atoms in total. The summed E-state index contributed by atoms with van der Waals surface area (Å²) in [4.78, 5) is 23.2. The van der Waals surface area contributed by atoms with E-state index in [1.165, 1.54) is 0 Å². The Morgan fingerprint density at radius 2 is 2.32 bits per heavy atom. The first kappa shape index (κ1) is 16.8. The van der Waals surface area contributed by atoms with Gasteiger partial charge >= 0.3 is 0 Å². The highest BCUT2D eigenvalue weighted by atomic mass is 16.5. The van der Waals surface area contributed by atoms with Crippen LogP contribution < -0.4 is 0 Å². The Kier molecular flexibility index (Phi) is 5.85. The summed E-state index contributed by atoms with van der Waals surface area (Å²) in [6, 6.07) is 0. The number of likely N-dealkylation sites (tertiary alicyclic amines) is 1. The number of ether oxygens (including phenoxy) is 1. The Hall–Kier alpha value is -1.53. The Balaban J connectivity index is 2.14. The van der Waals surface area contributed by atoms with Gasteiger partial charge in [-0.15, -0.1) is 0 Å². The predicted octanol–water partition coefficient (Wildman–Crippen LogP) is 1.52. The van der Waals surface area contributed by atoms with Crippen molar-refractivity contribution < 1.29 is 14.6 Å². The Morgan fingerprint density at radius 3 is 3.00 bits per heavy atom. The number of nitrogens with zero attached hydrogens (tertiary/aromatic N) is 3. The molecule has 0 saturated carbocycles. The number of carbonyl (C=O) groups excluding carboxylic acids is 1. The van der Waals surface area contributed by atoms with Crippen molar-refractivity contribution in [3.63, 3.8) is 0 Å². The van der Waals surface area contributed by atoms with Gasteiger partial charge in [0.15, 0.2) is 0 Å². The second-order valence-corrected chi connectivity index (χ2v) is 5.98. The fourth-order valence-electron chi connectivity index (χ4n) is 2.74. The molecule has 22 heavy (non-hydrogen) atoms. The molecule has 1 atom stereocenters. The highest BCUT2D eigenvalue weighted by molar-refractivity contribution is 5.95. The van der Waals surface area contributed by atoms with E-state index in [2.05, 4.69) is 9.97 Å². The molecule has 0 radical (unpaired) electrons. The van der Waals surface area contributed by atoms with E-state index in [1.54, 1.807) is 6.20 Å². The van der Waals surface area contributed by atoms with E-state index >= 15 is 0 Å². The topological polar surface area (TPSA) is 75.6 Å². The van der Waals surface area contributed by atoms with Gasteiger partial charge in [-0.05, 0) is 25.7 Å². The van der Waals surface area contributed by atoms with E-state index in [9.17, 15) is 4.79 Å². The van der Waals surface area contributed by atoms with Crippen LogP contribution >= 0.6 is 0 Å². The highest BCUT2D eigenvalue weighted by Crippen LogP contribution is 2.21. The van der Waals surface area contributed by atoms with E-state index < -0.39 is 0 Å². The first-order valence-electron chi connectivity index (χ1n) is 7.88. The van der Waals surface area contributed by atoms with Crippen LogP contribution in [0.3, 0.4) is 0 Å². The molecule has 0 aromatic carbocycles. The molecule has 2 rings (SSSR count). The molecule has 0 aliphatic carbocycles. The van der Waals surface area contributed by atoms with Gasteiger partial charge in [0.25, 0.3) is 5.91 Å². The SMILES string of the molecule is Cc1ncc(C(=O)N2CCCC(OCCO)C2)c(C(C)C)n1. The number of rotatable bonds is 5. The predicted molar refractivity (Wildman–Crippen MR) is 82.8 cm³/mol. The number of aliphatic hydroxyl groups excluding tert-OH is 1. The quantitative estimate of drug-likeness (QED) is 0.892. The summed E-state index contributed by atoms with van der Waals surface area (Å²) in [5, 5.41) is 8.85. The monoisotopic (exact) mass is 307 g/mol. The van der Waals surface area contributed by atoms with Crippen LogP contribution in [0.15, 0.2) is 6.20 Å². The first-order chi connectivity index (χ1) is 10.5. The fraction of sp³-hybridized carbons (Fsp3) is 0.688. The van der Waals surface area contributed by atoms with Crippen LogP contribution in [0.4, 0.5) is 0 Å². The third-order valence-corrected chi connectivity index (χ3v) is 3.83. The van der Waals surface area contributed by atoms with Crippen LogP contribution in [0.2, 0.25) is 0 Å². The number of hydrogen-bond acceptors (Lipinski definition) is 5. The molecule has 1 amide bonds. The van der Waals surface area contributed by atoms with Crippen molar-refractivity contribution in [1.82, 2.24) is 14.9 Å². The smallest absolute Gasteiger partial charge is 0.257 e. The molecular weight excluding hydrogens is 282 g/mol. The van der Waals surface area contributed by atoms with E-state index in [0.29, 0.717) is 24.5 Å². The van der Waals surface area contributed by atoms with Gasteiger partial charge in [-0.25, -0.2) is 9.97 Å². The molecular formula is C16H25N3O3. The van der Waals surface area contributed by atoms with Gasteiger partial charge < -0.3 is 14.7 Å². The Morgan fingerprint density at radius 1 is 1.55 bits per heavy atom. The lowest BCUT2D eigenvalue weighted by molar-refractivity contribution is -0.0111. The zero-order valence-electron chi connectivity index (χ0n) is 13.6. The summed E-state index contributed by atoms with van der Waals surface area (Å²) >= 11 is 0.